The normalized spacial score (nSPS) is 28.4. The van der Waals surface area contributed by atoms with Crippen LogP contribution in [0.15, 0.2) is 28.0 Å². The molecular weight excluding hydrogens is 432 g/mol. The number of piperazine rings is 1. The summed E-state index contributed by atoms with van der Waals surface area (Å²) in [6, 6.07) is 3.57. The molecule has 0 spiro atoms. The lowest BCUT2D eigenvalue weighted by atomic mass is 9.92. The highest BCUT2D eigenvalue weighted by Crippen LogP contribution is 2.29. The van der Waals surface area contributed by atoms with Crippen LogP contribution >= 0.6 is 12.6 Å². The number of piperidine rings is 1. The molecule has 30 heavy (non-hydrogen) atoms. The number of ketones is 1. The number of carbonyl (C=O) groups excluding carboxylic acids is 1. The molecule has 10 nitrogen and oxygen atoms in total. The lowest BCUT2D eigenvalue weighted by Crippen LogP contribution is -2.63. The van der Waals surface area contributed by atoms with Crippen LogP contribution in [0.2, 0.25) is 0 Å². The lowest BCUT2D eigenvalue weighted by Gasteiger charge is -2.47. The first-order valence-electron chi connectivity index (χ1n) is 9.82. The SMILES string of the molecule is O=C1CC2COCC(C1)N2C[C@H]1CN(S(=O)(=O)c2cc([N+](=O)[O-])ccc2S)CCN1. The van der Waals surface area contributed by atoms with Crippen molar-refractivity contribution in [3.63, 3.8) is 0 Å². The van der Waals surface area contributed by atoms with Crippen molar-refractivity contribution in [2.45, 2.75) is 40.8 Å². The van der Waals surface area contributed by atoms with Gasteiger partial charge in [-0.2, -0.15) is 4.31 Å². The number of carbonyl (C=O) groups is 1. The molecule has 3 fully saturated rings. The number of nitrogens with one attached hydrogen (secondary N) is 1. The summed E-state index contributed by atoms with van der Waals surface area (Å²) in [7, 11) is -3.93. The number of thiol groups is 1. The number of morpholine rings is 1. The summed E-state index contributed by atoms with van der Waals surface area (Å²) in [5, 5.41) is 14.4. The Balaban J connectivity index is 1.51. The van der Waals surface area contributed by atoms with E-state index in [1.54, 1.807) is 0 Å². The summed E-state index contributed by atoms with van der Waals surface area (Å²) in [5.74, 6) is 0.248. The van der Waals surface area contributed by atoms with Gasteiger partial charge in [-0.1, -0.05) is 0 Å². The molecule has 4 rings (SSSR count). The summed E-state index contributed by atoms with van der Waals surface area (Å²) in [5.41, 5.74) is -0.288. The van der Waals surface area contributed by atoms with Gasteiger partial charge in [0.25, 0.3) is 5.69 Å². The van der Waals surface area contributed by atoms with Crippen molar-refractivity contribution in [3.05, 3.63) is 28.3 Å². The number of sulfonamides is 1. The highest BCUT2D eigenvalue weighted by molar-refractivity contribution is 7.90. The van der Waals surface area contributed by atoms with E-state index in [9.17, 15) is 23.3 Å². The molecule has 1 aromatic carbocycles. The largest absolute Gasteiger partial charge is 0.378 e. The van der Waals surface area contributed by atoms with Crippen molar-refractivity contribution < 1.29 is 22.9 Å². The first-order valence-corrected chi connectivity index (χ1v) is 11.7. The van der Waals surface area contributed by atoms with Crippen LogP contribution in [0.5, 0.6) is 0 Å². The van der Waals surface area contributed by atoms with Gasteiger partial charge in [-0.15, -0.1) is 12.6 Å². The lowest BCUT2D eigenvalue weighted by molar-refractivity contribution is -0.385. The molecule has 3 saturated heterocycles. The smallest absolute Gasteiger partial charge is 0.270 e. The molecule has 2 bridgehead atoms. The molecule has 0 aliphatic carbocycles. The maximum absolute atomic E-state index is 13.2. The molecule has 12 heteroatoms. The number of nitrogens with zero attached hydrogens (tertiary/aromatic N) is 3. The third kappa shape index (κ3) is 4.25. The number of Topliss-reactive ketones (excluding diaryl/α,β-unsaturated/α-hetero) is 1. The number of hydrogen-bond donors (Lipinski definition) is 2. The van der Waals surface area contributed by atoms with E-state index in [1.807, 2.05) is 0 Å². The van der Waals surface area contributed by atoms with Gasteiger partial charge in [0.1, 0.15) is 10.7 Å². The van der Waals surface area contributed by atoms with E-state index >= 15 is 0 Å². The molecule has 3 aliphatic heterocycles. The molecule has 0 saturated carbocycles. The number of benzene rings is 1. The van der Waals surface area contributed by atoms with Gasteiger partial charge in [-0.25, -0.2) is 8.42 Å². The van der Waals surface area contributed by atoms with Crippen molar-refractivity contribution in [2.24, 2.45) is 0 Å². The van der Waals surface area contributed by atoms with E-state index in [1.165, 1.54) is 16.4 Å². The van der Waals surface area contributed by atoms with Crippen LogP contribution in [-0.4, -0.2) is 85.8 Å². The molecule has 3 heterocycles. The monoisotopic (exact) mass is 456 g/mol. The summed E-state index contributed by atoms with van der Waals surface area (Å²) in [6.07, 6.45) is 0.920. The molecule has 3 atom stereocenters. The zero-order chi connectivity index (χ0) is 21.5. The second kappa shape index (κ2) is 8.52. The predicted octanol–water partition coefficient (Wildman–Crippen LogP) is 0.278. The van der Waals surface area contributed by atoms with Crippen LogP contribution in [-0.2, 0) is 19.6 Å². The standard InChI is InChI=1S/C18H24N4O6S2/c23-16-5-14-10-28-11-15(6-16)21(14)9-12-8-20(4-3-19-12)30(26,27)18-7-13(22(24)25)1-2-17(18)29/h1-2,7,12,14-15,19,29H,3-6,8-11H2/t12-,14?,15?/m1/s1. The Hall–Kier alpha value is -1.57. The van der Waals surface area contributed by atoms with Crippen LogP contribution in [0.1, 0.15) is 12.8 Å². The minimum absolute atomic E-state index is 0.0274. The van der Waals surface area contributed by atoms with Gasteiger partial charge >= 0.3 is 0 Å². The molecule has 2 unspecified atom stereocenters. The van der Waals surface area contributed by atoms with Crippen LogP contribution in [0, 0.1) is 10.1 Å². The third-order valence-corrected chi connectivity index (χ3v) is 8.35. The summed E-state index contributed by atoms with van der Waals surface area (Å²) >= 11 is 4.21. The van der Waals surface area contributed by atoms with E-state index in [4.69, 9.17) is 4.74 Å². The predicted molar refractivity (Wildman–Crippen MR) is 110 cm³/mol. The maximum Gasteiger partial charge on any atom is 0.270 e. The Kier molecular flexibility index (Phi) is 6.15. The number of hydrogen-bond acceptors (Lipinski definition) is 9. The second-order valence-electron chi connectivity index (χ2n) is 7.91. The van der Waals surface area contributed by atoms with Gasteiger partial charge in [-0.05, 0) is 6.07 Å². The van der Waals surface area contributed by atoms with Crippen molar-refractivity contribution in [3.8, 4) is 0 Å². The fourth-order valence-electron chi connectivity index (χ4n) is 4.44. The maximum atomic E-state index is 13.2. The Morgan fingerprint density at radius 2 is 1.97 bits per heavy atom. The molecule has 0 aromatic heterocycles. The molecule has 1 N–H and O–H groups in total. The van der Waals surface area contributed by atoms with Crippen LogP contribution in [0.25, 0.3) is 0 Å². The fraction of sp³-hybridized carbons (Fsp3) is 0.611. The fourth-order valence-corrected chi connectivity index (χ4v) is 6.51. The first kappa shape index (κ1) is 21.7. The van der Waals surface area contributed by atoms with Gasteiger partial charge in [0.2, 0.25) is 10.0 Å². The Labute approximate surface area is 180 Å². The second-order valence-corrected chi connectivity index (χ2v) is 10.3. The Bertz CT molecular complexity index is 940. The minimum Gasteiger partial charge on any atom is -0.378 e. The number of non-ortho nitro benzene ring substituents is 1. The number of nitro benzene ring substituents is 1. The quantitative estimate of drug-likeness (QED) is 0.368. The van der Waals surface area contributed by atoms with Gasteiger partial charge in [-0.3, -0.25) is 19.8 Å². The number of fused-ring (bicyclic) bond motifs is 2. The molecule has 0 amide bonds. The molecule has 1 aromatic rings. The summed E-state index contributed by atoms with van der Waals surface area (Å²) in [6.45, 7) is 2.60. The number of ether oxygens (including phenoxy) is 1. The van der Waals surface area contributed by atoms with Crippen LogP contribution < -0.4 is 5.32 Å². The van der Waals surface area contributed by atoms with Gasteiger partial charge in [0, 0.05) is 74.2 Å². The van der Waals surface area contributed by atoms with Crippen LogP contribution in [0.3, 0.4) is 0 Å². The van der Waals surface area contributed by atoms with Gasteiger partial charge in [0.15, 0.2) is 0 Å². The van der Waals surface area contributed by atoms with Crippen molar-refractivity contribution in [1.82, 2.24) is 14.5 Å². The van der Waals surface area contributed by atoms with E-state index in [0.717, 1.165) is 6.07 Å². The molecular formula is C18H24N4O6S2. The zero-order valence-electron chi connectivity index (χ0n) is 16.3. The number of rotatable bonds is 5. The number of nitro groups is 1. The van der Waals surface area contributed by atoms with Gasteiger partial charge < -0.3 is 10.1 Å². The van der Waals surface area contributed by atoms with E-state index in [0.29, 0.717) is 39.1 Å². The highest BCUT2D eigenvalue weighted by Gasteiger charge is 2.40. The Morgan fingerprint density at radius 3 is 2.63 bits per heavy atom. The van der Waals surface area contributed by atoms with E-state index in [2.05, 4.69) is 22.8 Å². The third-order valence-electron chi connectivity index (χ3n) is 5.91. The van der Waals surface area contributed by atoms with Gasteiger partial charge in [0.05, 0.1) is 18.1 Å². The average Bonchev–Trinajstić information content (AvgIpc) is 2.69. The molecule has 3 aliphatic rings. The molecule has 0 radical (unpaired) electrons. The van der Waals surface area contributed by atoms with Crippen molar-refractivity contribution >= 4 is 34.1 Å². The topological polar surface area (TPSA) is 122 Å². The average molecular weight is 457 g/mol. The van der Waals surface area contributed by atoms with Crippen LogP contribution in [0.4, 0.5) is 5.69 Å². The van der Waals surface area contributed by atoms with Crippen molar-refractivity contribution in [1.29, 1.82) is 0 Å². The first-order chi connectivity index (χ1) is 14.3. The highest BCUT2D eigenvalue weighted by atomic mass is 32.2. The molecule has 164 valence electrons. The van der Waals surface area contributed by atoms with E-state index in [-0.39, 0.29) is 52.5 Å². The minimum atomic E-state index is -3.93. The Morgan fingerprint density at radius 1 is 1.27 bits per heavy atom. The van der Waals surface area contributed by atoms with E-state index < -0.39 is 14.9 Å². The zero-order valence-corrected chi connectivity index (χ0v) is 18.0. The van der Waals surface area contributed by atoms with Crippen molar-refractivity contribution in [2.75, 3.05) is 39.4 Å². The summed E-state index contributed by atoms with van der Waals surface area (Å²) < 4.78 is 33.4. The summed E-state index contributed by atoms with van der Waals surface area (Å²) in [4.78, 5) is 24.7.